The van der Waals surface area contributed by atoms with Gasteiger partial charge < -0.3 is 0 Å². The fraction of sp³-hybridized carbons (Fsp3) is 0.0833. The summed E-state index contributed by atoms with van der Waals surface area (Å²) in [4.78, 5) is 12.9. The van der Waals surface area contributed by atoms with Crippen molar-refractivity contribution in [3.05, 3.63) is 53.6 Å². The number of carbonyl (C=O) groups excluding carboxylic acids is 1. The van der Waals surface area contributed by atoms with Crippen molar-refractivity contribution in [2.75, 3.05) is 0 Å². The normalized spacial score (nSPS) is 10.6. The van der Waals surface area contributed by atoms with Crippen LogP contribution in [0, 0.1) is 6.92 Å². The maximum absolute atomic E-state index is 12.2. The zero-order chi connectivity index (χ0) is 12.6. The second-order valence-corrected chi connectivity index (χ2v) is 7.16. The van der Waals surface area contributed by atoms with E-state index in [1.807, 2.05) is 19.1 Å². The van der Waals surface area contributed by atoms with E-state index in [9.17, 15) is 4.79 Å². The minimum absolute atomic E-state index is 0.0108. The number of rotatable bonds is 2. The minimum atomic E-state index is -0.0108. The van der Waals surface area contributed by atoms with Crippen LogP contribution in [0.5, 0.6) is 0 Å². The number of hydrogen-bond acceptors (Lipinski definition) is 2. The molecule has 17 heavy (non-hydrogen) atoms. The molecule has 0 amide bonds. The maximum atomic E-state index is 12.2. The molecule has 0 fully saturated rings. The SMILES string of the molecule is Cc1ccc(C(=O)c2cc(Br)c(Br)s2)cc1Cl. The van der Waals surface area contributed by atoms with Gasteiger partial charge in [-0.1, -0.05) is 23.7 Å². The van der Waals surface area contributed by atoms with Gasteiger partial charge in [0.2, 0.25) is 5.78 Å². The van der Waals surface area contributed by atoms with Crippen LogP contribution in [0.25, 0.3) is 0 Å². The van der Waals surface area contributed by atoms with Crippen LogP contribution in [0.4, 0.5) is 0 Å². The van der Waals surface area contributed by atoms with Crippen LogP contribution in [0.15, 0.2) is 32.5 Å². The Morgan fingerprint density at radius 1 is 1.29 bits per heavy atom. The van der Waals surface area contributed by atoms with Crippen LogP contribution in [0.2, 0.25) is 5.02 Å². The number of ketones is 1. The first-order valence-corrected chi connectivity index (χ1v) is 7.53. The molecular formula is C12H7Br2ClOS. The third kappa shape index (κ3) is 2.81. The summed E-state index contributed by atoms with van der Waals surface area (Å²) in [6, 6.07) is 7.17. The quantitative estimate of drug-likeness (QED) is 0.618. The summed E-state index contributed by atoms with van der Waals surface area (Å²) in [7, 11) is 0. The Bertz CT molecular complexity index is 573. The fourth-order valence-corrected chi connectivity index (χ4v) is 3.51. The first-order valence-electron chi connectivity index (χ1n) is 4.74. The lowest BCUT2D eigenvalue weighted by atomic mass is 10.1. The molecule has 0 bridgehead atoms. The van der Waals surface area contributed by atoms with E-state index in [2.05, 4.69) is 31.9 Å². The molecule has 0 radical (unpaired) electrons. The summed E-state index contributed by atoms with van der Waals surface area (Å²) < 4.78 is 1.81. The van der Waals surface area contributed by atoms with E-state index < -0.39 is 0 Å². The molecule has 88 valence electrons. The van der Waals surface area contributed by atoms with Gasteiger partial charge in [0, 0.05) is 15.1 Å². The van der Waals surface area contributed by atoms with Gasteiger partial charge in [0.25, 0.3) is 0 Å². The third-order valence-electron chi connectivity index (χ3n) is 2.30. The van der Waals surface area contributed by atoms with Crippen LogP contribution in [-0.2, 0) is 0 Å². The molecule has 1 aromatic carbocycles. The van der Waals surface area contributed by atoms with Crippen LogP contribution in [0.3, 0.4) is 0 Å². The molecule has 2 aromatic rings. The molecule has 1 aromatic heterocycles. The van der Waals surface area contributed by atoms with E-state index in [0.29, 0.717) is 15.5 Å². The lowest BCUT2D eigenvalue weighted by molar-refractivity contribution is 0.104. The molecule has 0 aliphatic heterocycles. The Labute approximate surface area is 125 Å². The minimum Gasteiger partial charge on any atom is -0.288 e. The topological polar surface area (TPSA) is 17.1 Å². The smallest absolute Gasteiger partial charge is 0.203 e. The van der Waals surface area contributed by atoms with Crippen LogP contribution >= 0.6 is 54.8 Å². The average molecular weight is 395 g/mol. The predicted octanol–water partition coefficient (Wildman–Crippen LogP) is 5.47. The molecule has 0 saturated carbocycles. The number of thiophene rings is 1. The number of halogens is 3. The Hall–Kier alpha value is -0.160. The van der Waals surface area contributed by atoms with Gasteiger partial charge in [-0.3, -0.25) is 4.79 Å². The van der Waals surface area contributed by atoms with Crippen molar-refractivity contribution in [2.45, 2.75) is 6.92 Å². The molecule has 2 rings (SSSR count). The predicted molar refractivity (Wildman–Crippen MR) is 79.3 cm³/mol. The molecular weight excluding hydrogens is 387 g/mol. The summed E-state index contributed by atoms with van der Waals surface area (Å²) in [5.74, 6) is -0.0108. The van der Waals surface area contributed by atoms with Crippen molar-refractivity contribution in [1.82, 2.24) is 0 Å². The number of carbonyl (C=O) groups is 1. The third-order valence-corrected chi connectivity index (χ3v) is 5.97. The molecule has 0 aliphatic carbocycles. The Morgan fingerprint density at radius 3 is 2.53 bits per heavy atom. The number of aryl methyl sites for hydroxylation is 1. The second-order valence-electron chi connectivity index (χ2n) is 3.53. The zero-order valence-electron chi connectivity index (χ0n) is 8.76. The van der Waals surface area contributed by atoms with Crippen molar-refractivity contribution >= 4 is 60.6 Å². The molecule has 0 saturated heterocycles. The number of benzene rings is 1. The Kier molecular flexibility index (Phi) is 4.08. The standard InChI is InChI=1S/C12H7Br2ClOS/c1-6-2-3-7(4-9(6)15)11(16)10-5-8(13)12(14)17-10/h2-5H,1H3. The number of hydrogen-bond donors (Lipinski definition) is 0. The van der Waals surface area contributed by atoms with Gasteiger partial charge in [0.05, 0.1) is 8.66 Å². The lowest BCUT2D eigenvalue weighted by Gasteiger charge is -2.01. The van der Waals surface area contributed by atoms with E-state index in [-0.39, 0.29) is 5.78 Å². The van der Waals surface area contributed by atoms with Crippen LogP contribution in [-0.4, -0.2) is 5.78 Å². The lowest BCUT2D eigenvalue weighted by Crippen LogP contribution is -1.98. The highest BCUT2D eigenvalue weighted by Gasteiger charge is 2.14. The summed E-state index contributed by atoms with van der Waals surface area (Å²) >= 11 is 14.2. The van der Waals surface area contributed by atoms with Crippen molar-refractivity contribution in [2.24, 2.45) is 0 Å². The van der Waals surface area contributed by atoms with E-state index in [0.717, 1.165) is 13.8 Å². The van der Waals surface area contributed by atoms with Crippen molar-refractivity contribution < 1.29 is 4.79 Å². The largest absolute Gasteiger partial charge is 0.288 e. The first-order chi connectivity index (χ1) is 7.99. The maximum Gasteiger partial charge on any atom is 0.203 e. The van der Waals surface area contributed by atoms with Crippen LogP contribution in [0.1, 0.15) is 20.8 Å². The van der Waals surface area contributed by atoms with Gasteiger partial charge in [0.15, 0.2) is 0 Å². The molecule has 0 N–H and O–H groups in total. The highest BCUT2D eigenvalue weighted by atomic mass is 79.9. The summed E-state index contributed by atoms with van der Waals surface area (Å²) in [5, 5.41) is 0.616. The van der Waals surface area contributed by atoms with Gasteiger partial charge >= 0.3 is 0 Å². The molecule has 0 aliphatic rings. The average Bonchev–Trinajstić information content (AvgIpc) is 2.62. The molecule has 1 heterocycles. The summed E-state index contributed by atoms with van der Waals surface area (Å²) in [6.45, 7) is 1.91. The van der Waals surface area contributed by atoms with Gasteiger partial charge in [0.1, 0.15) is 0 Å². The van der Waals surface area contributed by atoms with Crippen molar-refractivity contribution in [3.8, 4) is 0 Å². The van der Waals surface area contributed by atoms with Crippen molar-refractivity contribution in [3.63, 3.8) is 0 Å². The van der Waals surface area contributed by atoms with E-state index in [1.54, 1.807) is 12.1 Å². The monoisotopic (exact) mass is 392 g/mol. The molecule has 5 heteroatoms. The zero-order valence-corrected chi connectivity index (χ0v) is 13.5. The molecule has 0 atom stereocenters. The van der Waals surface area contributed by atoms with E-state index >= 15 is 0 Å². The Morgan fingerprint density at radius 2 is 2.00 bits per heavy atom. The highest BCUT2D eigenvalue weighted by Crippen LogP contribution is 2.33. The van der Waals surface area contributed by atoms with Gasteiger partial charge in [-0.2, -0.15) is 0 Å². The van der Waals surface area contributed by atoms with E-state index in [1.165, 1.54) is 11.3 Å². The Balaban J connectivity index is 2.40. The fourth-order valence-electron chi connectivity index (χ4n) is 1.33. The highest BCUT2D eigenvalue weighted by molar-refractivity contribution is 9.13. The first kappa shape index (κ1) is 13.3. The van der Waals surface area contributed by atoms with Crippen LogP contribution < -0.4 is 0 Å². The van der Waals surface area contributed by atoms with Gasteiger partial charge in [-0.25, -0.2) is 0 Å². The van der Waals surface area contributed by atoms with Gasteiger partial charge in [-0.15, -0.1) is 11.3 Å². The van der Waals surface area contributed by atoms with E-state index in [4.69, 9.17) is 11.6 Å². The molecule has 1 nitrogen and oxygen atoms in total. The van der Waals surface area contributed by atoms with Gasteiger partial charge in [-0.05, 0) is 56.5 Å². The molecule has 0 spiro atoms. The summed E-state index contributed by atoms with van der Waals surface area (Å²) in [5.41, 5.74) is 1.58. The van der Waals surface area contributed by atoms with Crippen molar-refractivity contribution in [1.29, 1.82) is 0 Å². The summed E-state index contributed by atoms with van der Waals surface area (Å²) in [6.07, 6.45) is 0. The second kappa shape index (κ2) is 5.22. The molecule has 0 unspecified atom stereocenters.